The second-order valence-corrected chi connectivity index (χ2v) is 12.8. The molecule has 0 radical (unpaired) electrons. The van der Waals surface area contributed by atoms with Crippen molar-refractivity contribution in [1.82, 2.24) is 44.4 Å². The van der Waals surface area contributed by atoms with Crippen LogP contribution in [0, 0.1) is 0 Å². The monoisotopic (exact) mass is 600 g/mol. The maximum atomic E-state index is 13.2. The number of pyridine rings is 1. The third-order valence-electron chi connectivity index (χ3n) is 8.33. The molecule has 2 saturated heterocycles. The van der Waals surface area contributed by atoms with E-state index >= 15 is 0 Å². The number of ether oxygens (including phenoxy) is 1. The summed E-state index contributed by atoms with van der Waals surface area (Å²) in [7, 11) is -2.22. The molecule has 2 fully saturated rings. The first-order chi connectivity index (χ1) is 20.7. The van der Waals surface area contributed by atoms with E-state index in [1.54, 1.807) is 29.2 Å². The second kappa shape index (κ2) is 10.1. The molecule has 0 aromatic carbocycles. The molecular formula is C28H28N10O4S. The molecule has 0 saturated carbocycles. The predicted molar refractivity (Wildman–Crippen MR) is 155 cm³/mol. The molecule has 3 atom stereocenters. The summed E-state index contributed by atoms with van der Waals surface area (Å²) in [5.41, 5.74) is 10.5. The lowest BCUT2D eigenvalue weighted by Crippen LogP contribution is -2.46. The predicted octanol–water partition coefficient (Wildman–Crippen LogP) is 2.52. The van der Waals surface area contributed by atoms with E-state index in [-0.39, 0.29) is 46.5 Å². The maximum absolute atomic E-state index is 13.2. The molecule has 14 nitrogen and oxygen atoms in total. The van der Waals surface area contributed by atoms with Gasteiger partial charge in [-0.2, -0.15) is 5.10 Å². The van der Waals surface area contributed by atoms with Gasteiger partial charge in [0.2, 0.25) is 5.82 Å². The number of piperidine rings is 1. The fourth-order valence-electron chi connectivity index (χ4n) is 6.46. The molecule has 3 N–H and O–H groups in total. The Labute approximate surface area is 246 Å². The summed E-state index contributed by atoms with van der Waals surface area (Å²) >= 11 is 0. The number of nitrogen functional groups attached to an aromatic ring is 1. The Morgan fingerprint density at radius 2 is 1.74 bits per heavy atom. The van der Waals surface area contributed by atoms with E-state index in [0.29, 0.717) is 29.9 Å². The first-order valence-corrected chi connectivity index (χ1v) is 15.6. The number of sulfone groups is 1. The van der Waals surface area contributed by atoms with E-state index in [1.165, 1.54) is 13.4 Å². The Hall–Kier alpha value is -4.92. The quantitative estimate of drug-likeness (QED) is 0.291. The zero-order chi connectivity index (χ0) is 29.9. The summed E-state index contributed by atoms with van der Waals surface area (Å²) < 4.78 is 32.9. The Morgan fingerprint density at radius 3 is 2.35 bits per heavy atom. The van der Waals surface area contributed by atoms with Gasteiger partial charge in [-0.3, -0.25) is 19.3 Å². The largest absolute Gasteiger partial charge is 0.467 e. The minimum absolute atomic E-state index is 0.0366. The van der Waals surface area contributed by atoms with E-state index < -0.39 is 9.84 Å². The lowest BCUT2D eigenvalue weighted by Gasteiger charge is -2.38. The van der Waals surface area contributed by atoms with Gasteiger partial charge in [-0.05, 0) is 37.8 Å². The van der Waals surface area contributed by atoms with E-state index in [9.17, 15) is 13.2 Å². The number of nitrogens with zero attached hydrogens (tertiary/aromatic N) is 8. The Kier molecular flexibility index (Phi) is 6.34. The van der Waals surface area contributed by atoms with Gasteiger partial charge < -0.3 is 15.4 Å². The molecule has 1 unspecified atom stereocenters. The third kappa shape index (κ3) is 4.56. The van der Waals surface area contributed by atoms with Crippen molar-refractivity contribution in [3.05, 3.63) is 60.8 Å². The number of nitrogens with one attached hydrogen (secondary N) is 1. The molecule has 2 aliphatic heterocycles. The lowest BCUT2D eigenvalue weighted by molar-refractivity contribution is 0.0556. The SMILES string of the molecule is COc1ncc(-c2ccc(-c3ccn4c(N)c(S(C)(=O)=O)c(C5C[C@H]6CC[C@@H](C5)N6C(=O)c5ncn[nH]5)nc34)cn2)cn1. The number of hydrogen-bond donors (Lipinski definition) is 2. The topological polar surface area (TPSA) is 187 Å². The van der Waals surface area contributed by atoms with Crippen LogP contribution in [-0.4, -0.2) is 84.2 Å². The molecule has 43 heavy (non-hydrogen) atoms. The van der Waals surface area contributed by atoms with Gasteiger partial charge in [0.1, 0.15) is 22.7 Å². The highest BCUT2D eigenvalue weighted by molar-refractivity contribution is 7.91. The minimum Gasteiger partial charge on any atom is -0.467 e. The minimum atomic E-state index is -3.73. The van der Waals surface area contributed by atoms with Crippen LogP contribution in [0.15, 0.2) is 54.2 Å². The number of carbonyl (C=O) groups excluding carboxylic acids is 1. The number of aromatic amines is 1. The van der Waals surface area contributed by atoms with E-state index in [0.717, 1.165) is 35.8 Å². The van der Waals surface area contributed by atoms with Gasteiger partial charge >= 0.3 is 6.01 Å². The fourth-order valence-corrected chi connectivity index (χ4v) is 7.53. The molecule has 7 rings (SSSR count). The summed E-state index contributed by atoms with van der Waals surface area (Å²) in [6.07, 6.45) is 12.0. The van der Waals surface area contributed by atoms with E-state index in [1.807, 2.05) is 23.1 Å². The molecule has 2 aliphatic rings. The number of anilines is 1. The Bertz CT molecular complexity index is 1930. The lowest BCUT2D eigenvalue weighted by atomic mass is 9.87. The summed E-state index contributed by atoms with van der Waals surface area (Å²) in [6.45, 7) is 0. The standard InChI is InChI=1S/C28H28N10O4S/c1-42-28-31-12-17(13-32-28)21-6-3-15(11-30-21)20-7-8-37-24(29)23(43(2,40)41)22(35-26(20)37)16-9-18-4-5-19(10-16)38(18)27(39)25-33-14-34-36-25/h3,6-8,11-14,16,18-19H,4-5,9-10,29H2,1-2H3,(H,33,34,36)/t16?,18-,19+. The molecule has 5 aromatic heterocycles. The Balaban J connectivity index is 1.26. The van der Waals surface area contributed by atoms with Crippen molar-refractivity contribution in [2.24, 2.45) is 0 Å². The maximum Gasteiger partial charge on any atom is 0.316 e. The van der Waals surface area contributed by atoms with Gasteiger partial charge in [0.15, 0.2) is 9.84 Å². The average molecular weight is 601 g/mol. The summed E-state index contributed by atoms with van der Waals surface area (Å²) in [5.74, 6) is -0.0819. The first kappa shape index (κ1) is 26.9. The normalized spacial score (nSPS) is 20.0. The molecule has 1 amide bonds. The molecule has 0 spiro atoms. The van der Waals surface area contributed by atoms with Crippen molar-refractivity contribution in [2.45, 2.75) is 48.6 Å². The van der Waals surface area contributed by atoms with Crippen LogP contribution in [-0.2, 0) is 9.84 Å². The van der Waals surface area contributed by atoms with Crippen LogP contribution in [0.4, 0.5) is 5.82 Å². The van der Waals surface area contributed by atoms with Crippen molar-refractivity contribution in [2.75, 3.05) is 19.1 Å². The van der Waals surface area contributed by atoms with Crippen LogP contribution in [0.25, 0.3) is 28.0 Å². The molecule has 15 heteroatoms. The molecule has 2 bridgehead atoms. The van der Waals surface area contributed by atoms with Crippen molar-refractivity contribution in [1.29, 1.82) is 0 Å². The van der Waals surface area contributed by atoms with Gasteiger partial charge in [-0.25, -0.2) is 28.4 Å². The summed E-state index contributed by atoms with van der Waals surface area (Å²) in [5, 5.41) is 6.47. The number of rotatable bonds is 6. The average Bonchev–Trinajstić information content (AvgIpc) is 3.75. The number of amides is 1. The molecular weight excluding hydrogens is 572 g/mol. The van der Waals surface area contributed by atoms with E-state index in [4.69, 9.17) is 15.5 Å². The van der Waals surface area contributed by atoms with Crippen LogP contribution >= 0.6 is 0 Å². The van der Waals surface area contributed by atoms with Gasteiger partial charge in [0.05, 0.1) is 18.5 Å². The molecule has 220 valence electrons. The number of aromatic nitrogens is 8. The first-order valence-electron chi connectivity index (χ1n) is 13.7. The highest BCUT2D eigenvalue weighted by Crippen LogP contribution is 2.45. The van der Waals surface area contributed by atoms with Crippen molar-refractivity contribution in [3.8, 4) is 28.4 Å². The van der Waals surface area contributed by atoms with Gasteiger partial charge in [0, 0.05) is 65.7 Å². The number of hydrogen-bond acceptors (Lipinski definition) is 11. The van der Waals surface area contributed by atoms with Crippen LogP contribution < -0.4 is 10.5 Å². The summed E-state index contributed by atoms with van der Waals surface area (Å²) in [4.78, 5) is 37.0. The van der Waals surface area contributed by atoms with Crippen LogP contribution in [0.5, 0.6) is 6.01 Å². The fraction of sp³-hybridized carbons (Fsp3) is 0.321. The highest BCUT2D eigenvalue weighted by Gasteiger charge is 2.46. The van der Waals surface area contributed by atoms with Gasteiger partial charge in [-0.15, -0.1) is 0 Å². The second-order valence-electron chi connectivity index (χ2n) is 10.9. The molecule has 5 aromatic rings. The number of methoxy groups -OCH3 is 1. The van der Waals surface area contributed by atoms with Crippen molar-refractivity contribution < 1.29 is 17.9 Å². The van der Waals surface area contributed by atoms with Crippen molar-refractivity contribution >= 4 is 27.2 Å². The number of carbonyl (C=O) groups is 1. The number of nitrogens with two attached hydrogens (primary N) is 1. The smallest absolute Gasteiger partial charge is 0.316 e. The molecule has 7 heterocycles. The van der Waals surface area contributed by atoms with Gasteiger partial charge in [0.25, 0.3) is 5.91 Å². The third-order valence-corrected chi connectivity index (χ3v) is 9.49. The Morgan fingerprint density at radius 1 is 1.02 bits per heavy atom. The molecule has 0 aliphatic carbocycles. The van der Waals surface area contributed by atoms with Gasteiger partial charge in [-0.1, -0.05) is 6.07 Å². The van der Waals surface area contributed by atoms with E-state index in [2.05, 4.69) is 30.1 Å². The van der Waals surface area contributed by atoms with Crippen LogP contribution in [0.1, 0.15) is 47.9 Å². The number of fused-ring (bicyclic) bond motifs is 3. The van der Waals surface area contributed by atoms with Crippen LogP contribution in [0.2, 0.25) is 0 Å². The number of H-pyrrole nitrogens is 1. The zero-order valence-corrected chi connectivity index (χ0v) is 24.2. The van der Waals surface area contributed by atoms with Crippen LogP contribution in [0.3, 0.4) is 0 Å². The highest BCUT2D eigenvalue weighted by atomic mass is 32.2. The zero-order valence-electron chi connectivity index (χ0n) is 23.4. The summed E-state index contributed by atoms with van der Waals surface area (Å²) in [6, 6.07) is 5.75. The van der Waals surface area contributed by atoms with Crippen molar-refractivity contribution in [3.63, 3.8) is 0 Å².